The molecule has 0 saturated heterocycles. The van der Waals surface area contributed by atoms with Crippen LogP contribution in [0.1, 0.15) is 0 Å². The van der Waals surface area contributed by atoms with E-state index in [1.807, 2.05) is 30.3 Å². The predicted molar refractivity (Wildman–Crippen MR) is 117 cm³/mol. The average Bonchev–Trinajstić information content (AvgIpc) is 2.77. The van der Waals surface area contributed by atoms with E-state index in [0.29, 0.717) is 22.7 Å². The molecule has 8 nitrogen and oxygen atoms in total. The minimum absolute atomic E-state index is 0. The largest absolute Gasteiger partial charge is 1.00 e. The Hall–Kier alpha value is -2.95. The van der Waals surface area contributed by atoms with Crippen LogP contribution in [0.25, 0.3) is 10.8 Å². The van der Waals surface area contributed by atoms with Crippen LogP contribution in [-0.4, -0.2) is 18.1 Å². The van der Waals surface area contributed by atoms with Gasteiger partial charge in [0.05, 0.1) is 22.0 Å². The maximum Gasteiger partial charge on any atom is 1.00 e. The number of phenols is 1. The van der Waals surface area contributed by atoms with Crippen molar-refractivity contribution in [3.8, 4) is 5.75 Å². The number of benzene rings is 4. The molecule has 0 radical (unpaired) electrons. The van der Waals surface area contributed by atoms with E-state index in [0.717, 1.165) is 10.8 Å². The van der Waals surface area contributed by atoms with Crippen LogP contribution in [0.3, 0.4) is 0 Å². The van der Waals surface area contributed by atoms with Gasteiger partial charge in [-0.05, 0) is 60.0 Å². The van der Waals surface area contributed by atoms with Gasteiger partial charge in [-0.15, -0.1) is 5.11 Å². The standard InChI is InChI=1S/C22H16N4O4S.Na/c27-21-14-5-15-3-1-2-4-20(15)22(21)26-25-17-8-6-16(7-9-17)23-24-18-10-12-19(13-11-18)31(28,29)30;/h1-14,27H,(H,28,29,30);/q;+1. The molecule has 10 heteroatoms. The van der Waals surface area contributed by atoms with E-state index in [4.69, 9.17) is 4.55 Å². The van der Waals surface area contributed by atoms with Gasteiger partial charge in [0.15, 0.2) is 0 Å². The van der Waals surface area contributed by atoms with Crippen molar-refractivity contribution < 1.29 is 47.6 Å². The van der Waals surface area contributed by atoms with E-state index in [9.17, 15) is 13.5 Å². The quantitative estimate of drug-likeness (QED) is 0.271. The first-order valence-corrected chi connectivity index (χ1v) is 10.6. The molecule has 0 aliphatic rings. The fourth-order valence-corrected chi connectivity index (χ4v) is 3.32. The van der Waals surface area contributed by atoms with Crippen molar-refractivity contribution in [2.75, 3.05) is 0 Å². The van der Waals surface area contributed by atoms with Crippen LogP contribution in [0, 0.1) is 0 Å². The molecule has 0 saturated carbocycles. The summed E-state index contributed by atoms with van der Waals surface area (Å²) >= 11 is 0. The number of hydrogen-bond acceptors (Lipinski definition) is 7. The summed E-state index contributed by atoms with van der Waals surface area (Å²) in [6, 6.07) is 23.2. The zero-order chi connectivity index (χ0) is 21.8. The fourth-order valence-electron chi connectivity index (χ4n) is 2.84. The molecule has 0 bridgehead atoms. The van der Waals surface area contributed by atoms with Crippen molar-refractivity contribution in [1.29, 1.82) is 0 Å². The van der Waals surface area contributed by atoms with Crippen molar-refractivity contribution >= 4 is 43.6 Å². The third-order valence-corrected chi connectivity index (χ3v) is 5.28. The monoisotopic (exact) mass is 455 g/mol. The zero-order valence-electron chi connectivity index (χ0n) is 17.0. The Labute approximate surface area is 206 Å². The van der Waals surface area contributed by atoms with E-state index >= 15 is 0 Å². The molecule has 0 amide bonds. The van der Waals surface area contributed by atoms with E-state index < -0.39 is 10.1 Å². The summed E-state index contributed by atoms with van der Waals surface area (Å²) in [5, 5.41) is 28.4. The minimum Gasteiger partial charge on any atom is -0.506 e. The summed E-state index contributed by atoms with van der Waals surface area (Å²) in [4.78, 5) is -0.210. The first kappa shape index (κ1) is 23.7. The second-order valence-corrected chi connectivity index (χ2v) is 7.96. The van der Waals surface area contributed by atoms with E-state index in [2.05, 4.69) is 20.5 Å². The van der Waals surface area contributed by atoms with E-state index in [1.54, 1.807) is 30.3 Å². The molecular weight excluding hydrogens is 439 g/mol. The Morgan fingerprint density at radius 2 is 1.12 bits per heavy atom. The Morgan fingerprint density at radius 1 is 0.625 bits per heavy atom. The van der Waals surface area contributed by atoms with E-state index in [-0.39, 0.29) is 40.2 Å². The van der Waals surface area contributed by atoms with Crippen molar-refractivity contribution in [2.24, 2.45) is 20.5 Å². The van der Waals surface area contributed by atoms with Crippen LogP contribution >= 0.6 is 0 Å². The Balaban J connectivity index is 0.00000289. The molecule has 0 heterocycles. The number of rotatable bonds is 5. The average molecular weight is 455 g/mol. The number of phenolic OH excluding ortho intramolecular Hbond substituents is 1. The maximum atomic E-state index is 11.1. The zero-order valence-corrected chi connectivity index (χ0v) is 19.8. The summed E-state index contributed by atoms with van der Waals surface area (Å²) in [6.45, 7) is 0. The normalized spacial score (nSPS) is 11.8. The van der Waals surface area contributed by atoms with E-state index in [1.165, 1.54) is 24.3 Å². The minimum atomic E-state index is -4.24. The van der Waals surface area contributed by atoms with Gasteiger partial charge in [0.1, 0.15) is 11.4 Å². The van der Waals surface area contributed by atoms with Crippen LogP contribution < -0.4 is 29.6 Å². The molecule has 32 heavy (non-hydrogen) atoms. The summed E-state index contributed by atoms with van der Waals surface area (Å²) < 4.78 is 31.1. The van der Waals surface area contributed by atoms with Crippen LogP contribution in [0.4, 0.5) is 22.7 Å². The number of fused-ring (bicyclic) bond motifs is 1. The predicted octanol–water partition coefficient (Wildman–Crippen LogP) is 3.63. The van der Waals surface area contributed by atoms with Crippen LogP contribution in [0.2, 0.25) is 0 Å². The van der Waals surface area contributed by atoms with Gasteiger partial charge in [0.25, 0.3) is 10.1 Å². The third-order valence-electron chi connectivity index (χ3n) is 4.41. The Morgan fingerprint density at radius 3 is 1.69 bits per heavy atom. The summed E-state index contributed by atoms with van der Waals surface area (Å²) in [7, 11) is -4.24. The molecule has 0 aliphatic carbocycles. The van der Waals surface area contributed by atoms with Gasteiger partial charge in [-0.2, -0.15) is 23.8 Å². The van der Waals surface area contributed by atoms with Gasteiger partial charge in [-0.25, -0.2) is 0 Å². The molecule has 4 rings (SSSR count). The second kappa shape index (κ2) is 10.1. The summed E-state index contributed by atoms with van der Waals surface area (Å²) in [5.74, 6) is 0.0490. The topological polar surface area (TPSA) is 124 Å². The SMILES string of the molecule is O=S(=O)(O)c1ccc(N=Nc2ccc(N=Nc3c(O)ccc4ccccc34)cc2)cc1.[Na+]. The smallest absolute Gasteiger partial charge is 0.506 e. The van der Waals surface area contributed by atoms with Crippen molar-refractivity contribution in [2.45, 2.75) is 4.90 Å². The second-order valence-electron chi connectivity index (χ2n) is 6.54. The molecular formula is C22H16N4NaO4S+. The molecule has 0 spiro atoms. The Bertz CT molecular complexity index is 1400. The van der Waals surface area contributed by atoms with Gasteiger partial charge < -0.3 is 5.11 Å². The molecule has 154 valence electrons. The molecule has 4 aromatic rings. The third kappa shape index (κ3) is 5.64. The molecule has 0 aromatic heterocycles. The number of aromatic hydroxyl groups is 1. The van der Waals surface area contributed by atoms with Gasteiger partial charge in [-0.1, -0.05) is 30.3 Å². The first-order chi connectivity index (χ1) is 14.9. The molecule has 0 atom stereocenters. The molecule has 4 aromatic carbocycles. The molecule has 0 unspecified atom stereocenters. The van der Waals surface area contributed by atoms with Crippen LogP contribution in [0.15, 0.2) is 110 Å². The fraction of sp³-hybridized carbons (Fsp3) is 0. The summed E-state index contributed by atoms with van der Waals surface area (Å²) in [5.41, 5.74) is 1.97. The number of azo groups is 2. The Kier molecular flexibility index (Phi) is 7.49. The van der Waals surface area contributed by atoms with Crippen LogP contribution in [0.5, 0.6) is 5.75 Å². The molecule has 0 aliphatic heterocycles. The maximum absolute atomic E-state index is 11.1. The number of hydrogen-bond donors (Lipinski definition) is 2. The van der Waals surface area contributed by atoms with Crippen molar-refractivity contribution in [1.82, 2.24) is 0 Å². The molecule has 2 N–H and O–H groups in total. The summed E-state index contributed by atoms with van der Waals surface area (Å²) in [6.07, 6.45) is 0. The van der Waals surface area contributed by atoms with Crippen molar-refractivity contribution in [3.63, 3.8) is 0 Å². The van der Waals surface area contributed by atoms with Gasteiger partial charge in [-0.3, -0.25) is 4.55 Å². The van der Waals surface area contributed by atoms with Crippen LogP contribution in [-0.2, 0) is 10.1 Å². The number of nitrogens with zero attached hydrogens (tertiary/aromatic N) is 4. The van der Waals surface area contributed by atoms with Crippen molar-refractivity contribution in [3.05, 3.63) is 84.9 Å². The first-order valence-electron chi connectivity index (χ1n) is 9.12. The van der Waals surface area contributed by atoms with Gasteiger partial charge in [0.2, 0.25) is 0 Å². The van der Waals surface area contributed by atoms with Gasteiger partial charge in [0, 0.05) is 5.39 Å². The van der Waals surface area contributed by atoms with Gasteiger partial charge >= 0.3 is 29.6 Å². The molecule has 0 fully saturated rings.